The summed E-state index contributed by atoms with van der Waals surface area (Å²) in [7, 11) is 0. The normalized spacial score (nSPS) is 16.1. The maximum absolute atomic E-state index is 13.0. The van der Waals surface area contributed by atoms with Gasteiger partial charge in [0.05, 0.1) is 19.3 Å². The lowest BCUT2D eigenvalue weighted by Gasteiger charge is -2.31. The molecule has 4 nitrogen and oxygen atoms in total. The minimum Gasteiger partial charge on any atom is -0.379 e. The van der Waals surface area contributed by atoms with Crippen LogP contribution in [0.4, 0.5) is 4.39 Å². The SMILES string of the molecule is Cc1ccc([C@@H](CN2CCOCC2)NC(=O)CCc2ccc(F)cc2)cc1. The Labute approximate surface area is 160 Å². The summed E-state index contributed by atoms with van der Waals surface area (Å²) in [6.07, 6.45) is 0.987. The molecule has 0 aliphatic carbocycles. The zero-order chi connectivity index (χ0) is 19.1. The molecule has 0 spiro atoms. The van der Waals surface area contributed by atoms with Gasteiger partial charge in [0.2, 0.25) is 5.91 Å². The predicted octanol–water partition coefficient (Wildman–Crippen LogP) is 3.26. The van der Waals surface area contributed by atoms with Crippen LogP contribution in [0.1, 0.15) is 29.2 Å². The van der Waals surface area contributed by atoms with E-state index in [1.54, 1.807) is 12.1 Å². The summed E-state index contributed by atoms with van der Waals surface area (Å²) in [6, 6.07) is 14.6. The van der Waals surface area contributed by atoms with Crippen LogP contribution in [-0.4, -0.2) is 43.7 Å². The number of nitrogens with one attached hydrogen (secondary N) is 1. The Balaban J connectivity index is 1.61. The predicted molar refractivity (Wildman–Crippen MR) is 104 cm³/mol. The van der Waals surface area contributed by atoms with Gasteiger partial charge in [-0.3, -0.25) is 9.69 Å². The highest BCUT2D eigenvalue weighted by Gasteiger charge is 2.20. The van der Waals surface area contributed by atoms with E-state index in [2.05, 4.69) is 41.4 Å². The summed E-state index contributed by atoms with van der Waals surface area (Å²) in [5, 5.41) is 3.19. The first-order valence-electron chi connectivity index (χ1n) is 9.50. The number of ether oxygens (including phenoxy) is 1. The number of benzene rings is 2. The average Bonchev–Trinajstić information content (AvgIpc) is 2.68. The number of amides is 1. The first kappa shape index (κ1) is 19.5. The quantitative estimate of drug-likeness (QED) is 0.813. The molecule has 2 aromatic rings. The number of hydrogen-bond donors (Lipinski definition) is 1. The molecule has 1 saturated heterocycles. The van der Waals surface area contributed by atoms with Crippen LogP contribution in [0, 0.1) is 12.7 Å². The second-order valence-corrected chi connectivity index (χ2v) is 7.07. The number of carbonyl (C=O) groups is 1. The van der Waals surface area contributed by atoms with E-state index in [0.29, 0.717) is 12.8 Å². The molecule has 2 aromatic carbocycles. The largest absolute Gasteiger partial charge is 0.379 e. The molecule has 27 heavy (non-hydrogen) atoms. The molecule has 0 unspecified atom stereocenters. The molecule has 1 atom stereocenters. The number of halogens is 1. The lowest BCUT2D eigenvalue weighted by molar-refractivity contribution is -0.122. The molecular formula is C22H27FN2O2. The molecule has 144 valence electrons. The highest BCUT2D eigenvalue weighted by molar-refractivity contribution is 5.76. The first-order chi connectivity index (χ1) is 13.1. The van der Waals surface area contributed by atoms with E-state index >= 15 is 0 Å². The Kier molecular flexibility index (Phi) is 6.96. The van der Waals surface area contributed by atoms with E-state index in [9.17, 15) is 9.18 Å². The Hall–Kier alpha value is -2.24. The van der Waals surface area contributed by atoms with E-state index in [0.717, 1.165) is 44.0 Å². The van der Waals surface area contributed by atoms with E-state index in [1.165, 1.54) is 17.7 Å². The zero-order valence-corrected chi connectivity index (χ0v) is 15.8. The van der Waals surface area contributed by atoms with Crippen molar-refractivity contribution >= 4 is 5.91 Å². The Morgan fingerprint density at radius 1 is 1.11 bits per heavy atom. The van der Waals surface area contributed by atoms with Crippen LogP contribution in [0.3, 0.4) is 0 Å². The van der Waals surface area contributed by atoms with Gasteiger partial charge >= 0.3 is 0 Å². The molecule has 1 aliphatic heterocycles. The third-order valence-electron chi connectivity index (χ3n) is 4.91. The summed E-state index contributed by atoms with van der Waals surface area (Å²) in [4.78, 5) is 14.9. The van der Waals surface area contributed by atoms with Gasteiger partial charge in [0.25, 0.3) is 0 Å². The lowest BCUT2D eigenvalue weighted by Crippen LogP contribution is -2.43. The Bertz CT molecular complexity index is 725. The van der Waals surface area contributed by atoms with Crippen molar-refractivity contribution in [2.45, 2.75) is 25.8 Å². The molecule has 0 radical (unpaired) electrons. The molecule has 0 bridgehead atoms. The van der Waals surface area contributed by atoms with Crippen molar-refractivity contribution in [1.82, 2.24) is 10.2 Å². The van der Waals surface area contributed by atoms with Crippen molar-refractivity contribution in [2.24, 2.45) is 0 Å². The molecule has 1 heterocycles. The van der Waals surface area contributed by atoms with Gasteiger partial charge in [0.15, 0.2) is 0 Å². The summed E-state index contributed by atoms with van der Waals surface area (Å²) < 4.78 is 18.4. The Morgan fingerprint density at radius 2 is 1.78 bits per heavy atom. The first-order valence-corrected chi connectivity index (χ1v) is 9.50. The smallest absolute Gasteiger partial charge is 0.220 e. The fourth-order valence-corrected chi connectivity index (χ4v) is 3.25. The van der Waals surface area contributed by atoms with Gasteiger partial charge in [0, 0.05) is 26.1 Å². The standard InChI is InChI=1S/C22H27FN2O2/c1-17-2-7-19(8-3-17)21(16-25-12-14-27-15-13-25)24-22(26)11-6-18-4-9-20(23)10-5-18/h2-5,7-10,21H,6,11-16H2,1H3,(H,24,26)/t21-/m1/s1. The van der Waals surface area contributed by atoms with Gasteiger partial charge in [-0.15, -0.1) is 0 Å². The van der Waals surface area contributed by atoms with E-state index < -0.39 is 0 Å². The number of hydrogen-bond acceptors (Lipinski definition) is 3. The molecular weight excluding hydrogens is 343 g/mol. The Morgan fingerprint density at radius 3 is 2.44 bits per heavy atom. The highest BCUT2D eigenvalue weighted by Crippen LogP contribution is 2.17. The van der Waals surface area contributed by atoms with Crippen LogP contribution in [0.2, 0.25) is 0 Å². The molecule has 0 aromatic heterocycles. The van der Waals surface area contributed by atoms with Crippen molar-refractivity contribution in [3.8, 4) is 0 Å². The summed E-state index contributed by atoms with van der Waals surface area (Å²) in [5.41, 5.74) is 3.28. The van der Waals surface area contributed by atoms with E-state index in [1.807, 2.05) is 0 Å². The summed E-state index contributed by atoms with van der Waals surface area (Å²) in [6.45, 7) is 6.07. The summed E-state index contributed by atoms with van der Waals surface area (Å²) in [5.74, 6) is -0.244. The molecule has 3 rings (SSSR count). The summed E-state index contributed by atoms with van der Waals surface area (Å²) >= 11 is 0. The van der Waals surface area contributed by atoms with Gasteiger partial charge in [0.1, 0.15) is 5.82 Å². The molecule has 1 fully saturated rings. The lowest BCUT2D eigenvalue weighted by atomic mass is 10.0. The number of morpholine rings is 1. The van der Waals surface area contributed by atoms with Crippen molar-refractivity contribution < 1.29 is 13.9 Å². The average molecular weight is 370 g/mol. The second-order valence-electron chi connectivity index (χ2n) is 7.07. The van der Waals surface area contributed by atoms with Crippen LogP contribution in [0.15, 0.2) is 48.5 Å². The van der Waals surface area contributed by atoms with E-state index in [-0.39, 0.29) is 17.8 Å². The van der Waals surface area contributed by atoms with Crippen molar-refractivity contribution in [3.63, 3.8) is 0 Å². The number of rotatable bonds is 7. The molecule has 0 saturated carbocycles. The van der Waals surface area contributed by atoms with Gasteiger partial charge in [-0.2, -0.15) is 0 Å². The monoisotopic (exact) mass is 370 g/mol. The third-order valence-corrected chi connectivity index (χ3v) is 4.91. The minimum atomic E-state index is -0.256. The van der Waals surface area contributed by atoms with Crippen LogP contribution < -0.4 is 5.32 Å². The van der Waals surface area contributed by atoms with Crippen molar-refractivity contribution in [2.75, 3.05) is 32.8 Å². The second kappa shape index (κ2) is 9.62. The van der Waals surface area contributed by atoms with Crippen molar-refractivity contribution in [3.05, 3.63) is 71.0 Å². The number of nitrogens with zero attached hydrogens (tertiary/aromatic N) is 1. The van der Waals surface area contributed by atoms with E-state index in [4.69, 9.17) is 4.74 Å². The van der Waals surface area contributed by atoms with Gasteiger partial charge in [-0.1, -0.05) is 42.0 Å². The third kappa shape index (κ3) is 6.15. The fraction of sp³-hybridized carbons (Fsp3) is 0.409. The zero-order valence-electron chi connectivity index (χ0n) is 15.8. The molecule has 1 aliphatic rings. The number of aryl methyl sites for hydroxylation is 2. The minimum absolute atomic E-state index is 0.0122. The number of carbonyl (C=O) groups excluding carboxylic acids is 1. The van der Waals surface area contributed by atoms with Crippen LogP contribution >= 0.6 is 0 Å². The van der Waals surface area contributed by atoms with Gasteiger partial charge < -0.3 is 10.1 Å². The molecule has 5 heteroatoms. The van der Waals surface area contributed by atoms with Gasteiger partial charge in [-0.25, -0.2) is 4.39 Å². The van der Waals surface area contributed by atoms with Gasteiger partial charge in [-0.05, 0) is 36.6 Å². The van der Waals surface area contributed by atoms with Crippen LogP contribution in [0.5, 0.6) is 0 Å². The molecule has 1 N–H and O–H groups in total. The molecule has 1 amide bonds. The highest BCUT2D eigenvalue weighted by atomic mass is 19.1. The fourth-order valence-electron chi connectivity index (χ4n) is 3.25. The van der Waals surface area contributed by atoms with Crippen LogP contribution in [-0.2, 0) is 16.0 Å². The maximum atomic E-state index is 13.0. The topological polar surface area (TPSA) is 41.6 Å². The maximum Gasteiger partial charge on any atom is 0.220 e. The van der Waals surface area contributed by atoms with Crippen LogP contribution in [0.25, 0.3) is 0 Å². The van der Waals surface area contributed by atoms with Crippen molar-refractivity contribution in [1.29, 1.82) is 0 Å².